The second kappa shape index (κ2) is 11.8. The zero-order chi connectivity index (χ0) is 12.8. The Bertz CT molecular complexity index is 364. The van der Waals surface area contributed by atoms with Crippen molar-refractivity contribution in [3.05, 3.63) is 59.6 Å². The fraction of sp³-hybridized carbons (Fsp3) is 0.250. The molecule has 0 aromatic rings. The topological polar surface area (TPSA) is 75.1 Å². The summed E-state index contributed by atoms with van der Waals surface area (Å²) in [7, 11) is 0. The van der Waals surface area contributed by atoms with Crippen molar-refractivity contribution in [1.29, 1.82) is 0 Å². The molecule has 0 aromatic heterocycles. The molecule has 0 unspecified atom stereocenters. The Kier molecular flexibility index (Phi) is 10.2. The van der Waals surface area contributed by atoms with Crippen LogP contribution in [0.25, 0.3) is 10.4 Å². The van der Waals surface area contributed by atoms with E-state index in [0.29, 0.717) is 13.0 Å². The summed E-state index contributed by atoms with van der Waals surface area (Å²) in [6, 6.07) is 0. The first-order valence-corrected chi connectivity index (χ1v) is 5.09. The number of carbonyl (C=O) groups excluding carboxylic acids is 1. The van der Waals surface area contributed by atoms with E-state index in [2.05, 4.69) is 16.6 Å². The zero-order valence-electron chi connectivity index (χ0n) is 9.53. The van der Waals surface area contributed by atoms with Crippen molar-refractivity contribution in [2.75, 3.05) is 13.2 Å². The van der Waals surface area contributed by atoms with E-state index in [1.54, 1.807) is 18.2 Å². The third-order valence-corrected chi connectivity index (χ3v) is 1.50. The van der Waals surface area contributed by atoms with Gasteiger partial charge < -0.3 is 4.74 Å². The van der Waals surface area contributed by atoms with Crippen LogP contribution in [0.15, 0.2) is 54.2 Å². The first-order valence-electron chi connectivity index (χ1n) is 5.09. The molecule has 5 nitrogen and oxygen atoms in total. The van der Waals surface area contributed by atoms with Crippen LogP contribution in [-0.2, 0) is 9.53 Å². The van der Waals surface area contributed by atoms with Gasteiger partial charge in [-0.1, -0.05) is 48.1 Å². The highest BCUT2D eigenvalue weighted by Gasteiger charge is 1.90. The van der Waals surface area contributed by atoms with Crippen molar-refractivity contribution in [1.82, 2.24) is 0 Å². The molecule has 0 fully saturated rings. The molecule has 0 bridgehead atoms. The SMILES string of the molecule is C=CCOC(=O)C=CC=CC=CCCN=[N+]=[N-]. The number of rotatable bonds is 8. The van der Waals surface area contributed by atoms with E-state index in [0.717, 1.165) is 0 Å². The summed E-state index contributed by atoms with van der Waals surface area (Å²) in [5, 5.41) is 3.38. The standard InChI is InChI=1S/C12H15N3O2/c1-2-11-17-12(16)9-7-5-3-4-6-8-10-14-15-13/h2-7,9H,1,8,10-11H2. The van der Waals surface area contributed by atoms with Gasteiger partial charge in [0.05, 0.1) is 0 Å². The van der Waals surface area contributed by atoms with Gasteiger partial charge in [-0.2, -0.15) is 0 Å². The average molecular weight is 233 g/mol. The van der Waals surface area contributed by atoms with E-state index in [1.807, 2.05) is 12.2 Å². The van der Waals surface area contributed by atoms with E-state index in [4.69, 9.17) is 10.3 Å². The van der Waals surface area contributed by atoms with E-state index in [9.17, 15) is 4.79 Å². The van der Waals surface area contributed by atoms with Crippen molar-refractivity contribution in [2.24, 2.45) is 5.11 Å². The van der Waals surface area contributed by atoms with Crippen LogP contribution < -0.4 is 0 Å². The number of hydrogen-bond donors (Lipinski definition) is 0. The Balaban J connectivity index is 3.71. The summed E-state index contributed by atoms with van der Waals surface area (Å²) in [5.41, 5.74) is 8.01. The summed E-state index contributed by atoms with van der Waals surface area (Å²) in [5.74, 6) is -0.401. The fourth-order valence-electron chi connectivity index (χ4n) is 0.803. The van der Waals surface area contributed by atoms with Crippen LogP contribution in [0.5, 0.6) is 0 Å². The molecule has 0 aromatic carbocycles. The van der Waals surface area contributed by atoms with Crippen LogP contribution >= 0.6 is 0 Å². The minimum atomic E-state index is -0.401. The van der Waals surface area contributed by atoms with E-state index in [1.165, 1.54) is 12.2 Å². The number of allylic oxidation sites excluding steroid dienone is 4. The van der Waals surface area contributed by atoms with Gasteiger partial charge in [-0.15, -0.1) is 0 Å². The van der Waals surface area contributed by atoms with Gasteiger partial charge in [-0.3, -0.25) is 0 Å². The second-order valence-corrected chi connectivity index (χ2v) is 2.83. The summed E-state index contributed by atoms with van der Waals surface area (Å²) < 4.78 is 4.72. The van der Waals surface area contributed by atoms with Crippen molar-refractivity contribution in [3.8, 4) is 0 Å². The molecule has 0 saturated carbocycles. The quantitative estimate of drug-likeness (QED) is 0.0944. The minimum Gasteiger partial charge on any atom is -0.458 e. The first kappa shape index (κ1) is 14.7. The molecule has 0 saturated heterocycles. The van der Waals surface area contributed by atoms with Gasteiger partial charge in [-0.25, -0.2) is 4.79 Å². The van der Waals surface area contributed by atoms with E-state index in [-0.39, 0.29) is 6.61 Å². The fourth-order valence-corrected chi connectivity index (χ4v) is 0.803. The lowest BCUT2D eigenvalue weighted by atomic mass is 10.3. The molecule has 0 rings (SSSR count). The van der Waals surface area contributed by atoms with Crippen LogP contribution in [-0.4, -0.2) is 19.1 Å². The van der Waals surface area contributed by atoms with Crippen molar-refractivity contribution in [2.45, 2.75) is 6.42 Å². The molecule has 0 aliphatic rings. The smallest absolute Gasteiger partial charge is 0.331 e. The summed E-state index contributed by atoms with van der Waals surface area (Å²) in [6.45, 7) is 4.09. The maximum Gasteiger partial charge on any atom is 0.331 e. The number of carbonyl (C=O) groups is 1. The predicted molar refractivity (Wildman–Crippen MR) is 67.2 cm³/mol. The normalized spacial score (nSPS) is 10.8. The average Bonchev–Trinajstić information content (AvgIpc) is 2.34. The molecule has 17 heavy (non-hydrogen) atoms. The molecule has 0 spiro atoms. The Labute approximate surface area is 100 Å². The van der Waals surface area contributed by atoms with Gasteiger partial charge in [0.1, 0.15) is 6.61 Å². The Morgan fingerprint density at radius 1 is 1.35 bits per heavy atom. The molecule has 90 valence electrons. The molecule has 0 atom stereocenters. The Morgan fingerprint density at radius 2 is 2.12 bits per heavy atom. The second-order valence-electron chi connectivity index (χ2n) is 2.83. The number of esters is 1. The highest BCUT2D eigenvalue weighted by molar-refractivity contribution is 5.82. The minimum absolute atomic E-state index is 0.214. The largest absolute Gasteiger partial charge is 0.458 e. The van der Waals surface area contributed by atoms with Crippen LogP contribution in [0.1, 0.15) is 6.42 Å². The lowest BCUT2D eigenvalue weighted by Gasteiger charge is -1.93. The monoisotopic (exact) mass is 233 g/mol. The lowest BCUT2D eigenvalue weighted by Crippen LogP contribution is -1.99. The maximum atomic E-state index is 11.0. The molecule has 0 heterocycles. The number of ether oxygens (including phenoxy) is 1. The molecular weight excluding hydrogens is 218 g/mol. The summed E-state index contributed by atoms with van der Waals surface area (Å²) in [4.78, 5) is 13.6. The van der Waals surface area contributed by atoms with Crippen LogP contribution in [0.4, 0.5) is 0 Å². The van der Waals surface area contributed by atoms with Crippen molar-refractivity contribution >= 4 is 5.97 Å². The number of azide groups is 1. The van der Waals surface area contributed by atoms with Gasteiger partial charge in [0, 0.05) is 17.5 Å². The third-order valence-electron chi connectivity index (χ3n) is 1.50. The Hall–Kier alpha value is -2.26. The summed E-state index contributed by atoms with van der Waals surface area (Å²) in [6.07, 6.45) is 12.3. The van der Waals surface area contributed by atoms with E-state index >= 15 is 0 Å². The molecule has 0 aliphatic carbocycles. The zero-order valence-corrected chi connectivity index (χ0v) is 9.53. The third kappa shape index (κ3) is 11.7. The van der Waals surface area contributed by atoms with Gasteiger partial charge in [-0.05, 0) is 12.0 Å². The van der Waals surface area contributed by atoms with Gasteiger partial charge in [0.2, 0.25) is 0 Å². The molecular formula is C12H15N3O2. The van der Waals surface area contributed by atoms with Crippen LogP contribution in [0.2, 0.25) is 0 Å². The van der Waals surface area contributed by atoms with Gasteiger partial charge in [0.25, 0.3) is 0 Å². The van der Waals surface area contributed by atoms with Crippen molar-refractivity contribution < 1.29 is 9.53 Å². The lowest BCUT2D eigenvalue weighted by molar-refractivity contribution is -0.136. The highest BCUT2D eigenvalue weighted by Crippen LogP contribution is 1.88. The highest BCUT2D eigenvalue weighted by atomic mass is 16.5. The van der Waals surface area contributed by atoms with E-state index < -0.39 is 5.97 Å². The molecule has 0 aliphatic heterocycles. The van der Waals surface area contributed by atoms with Crippen molar-refractivity contribution in [3.63, 3.8) is 0 Å². The maximum absolute atomic E-state index is 11.0. The van der Waals surface area contributed by atoms with Crippen LogP contribution in [0, 0.1) is 0 Å². The number of nitrogens with zero attached hydrogens (tertiary/aromatic N) is 3. The van der Waals surface area contributed by atoms with Gasteiger partial charge in [0.15, 0.2) is 0 Å². The number of hydrogen-bond acceptors (Lipinski definition) is 3. The predicted octanol–water partition coefficient (Wildman–Crippen LogP) is 3.08. The molecule has 0 N–H and O–H groups in total. The molecule has 5 heteroatoms. The molecule has 0 amide bonds. The molecule has 0 radical (unpaired) electrons. The van der Waals surface area contributed by atoms with Gasteiger partial charge >= 0.3 is 5.97 Å². The summed E-state index contributed by atoms with van der Waals surface area (Å²) >= 11 is 0. The van der Waals surface area contributed by atoms with Crippen LogP contribution in [0.3, 0.4) is 0 Å². The first-order chi connectivity index (χ1) is 8.31. The Morgan fingerprint density at radius 3 is 2.82 bits per heavy atom.